The molecule has 1 saturated heterocycles. The molecule has 1 fully saturated rings. The van der Waals surface area contributed by atoms with Crippen molar-refractivity contribution in [1.82, 2.24) is 14.9 Å². The third kappa shape index (κ3) is 5.17. The van der Waals surface area contributed by atoms with Crippen molar-refractivity contribution in [3.8, 4) is 17.0 Å². The SMILES string of the molecule is CC(C)N1c2cc(-c3nc(Cc4ccc(C5CCN(C)CC5)c(F)c4)ncc3F)cc(F)c2OCC1C. The minimum Gasteiger partial charge on any atom is -0.486 e. The topological polar surface area (TPSA) is 41.5 Å². The van der Waals surface area contributed by atoms with Crippen LogP contribution in [0.4, 0.5) is 18.9 Å². The molecule has 0 radical (unpaired) electrons. The molecule has 2 aromatic carbocycles. The molecular formula is C29H33F3N4O. The van der Waals surface area contributed by atoms with E-state index in [2.05, 4.69) is 26.8 Å². The average Bonchev–Trinajstić information content (AvgIpc) is 2.85. The highest BCUT2D eigenvalue weighted by Crippen LogP contribution is 2.41. The fraction of sp³-hybridized carbons (Fsp3) is 0.448. The average molecular weight is 511 g/mol. The number of likely N-dealkylation sites (tertiary alicyclic amines) is 1. The number of anilines is 1. The van der Waals surface area contributed by atoms with E-state index in [9.17, 15) is 4.39 Å². The molecular weight excluding hydrogens is 477 g/mol. The van der Waals surface area contributed by atoms with Gasteiger partial charge in [-0.2, -0.15) is 0 Å². The van der Waals surface area contributed by atoms with Gasteiger partial charge in [0.1, 0.15) is 23.9 Å². The largest absolute Gasteiger partial charge is 0.486 e. The van der Waals surface area contributed by atoms with E-state index in [4.69, 9.17) is 4.74 Å². The molecule has 5 rings (SSSR count). The Morgan fingerprint density at radius 2 is 1.78 bits per heavy atom. The number of halogens is 3. The van der Waals surface area contributed by atoms with Gasteiger partial charge in [-0.25, -0.2) is 23.1 Å². The van der Waals surface area contributed by atoms with Gasteiger partial charge >= 0.3 is 0 Å². The van der Waals surface area contributed by atoms with E-state index < -0.39 is 11.6 Å². The Hall–Kier alpha value is -3.13. The molecule has 2 aliphatic heterocycles. The number of ether oxygens (including phenoxy) is 1. The number of nitrogens with zero attached hydrogens (tertiary/aromatic N) is 4. The monoisotopic (exact) mass is 510 g/mol. The first-order chi connectivity index (χ1) is 17.7. The first kappa shape index (κ1) is 25.5. The lowest BCUT2D eigenvalue weighted by Crippen LogP contribution is -2.45. The zero-order valence-electron chi connectivity index (χ0n) is 21.8. The number of hydrogen-bond donors (Lipinski definition) is 0. The summed E-state index contributed by atoms with van der Waals surface area (Å²) in [7, 11) is 2.08. The van der Waals surface area contributed by atoms with Crippen molar-refractivity contribution in [2.75, 3.05) is 31.6 Å². The Morgan fingerprint density at radius 3 is 2.49 bits per heavy atom. The van der Waals surface area contributed by atoms with Crippen LogP contribution >= 0.6 is 0 Å². The maximum Gasteiger partial charge on any atom is 0.178 e. The summed E-state index contributed by atoms with van der Waals surface area (Å²) in [6, 6.07) is 8.38. The van der Waals surface area contributed by atoms with Gasteiger partial charge in [-0.1, -0.05) is 12.1 Å². The number of aromatic nitrogens is 2. The highest BCUT2D eigenvalue weighted by molar-refractivity contribution is 5.72. The van der Waals surface area contributed by atoms with E-state index in [1.807, 2.05) is 32.9 Å². The smallest absolute Gasteiger partial charge is 0.178 e. The highest BCUT2D eigenvalue weighted by atomic mass is 19.1. The molecule has 3 aromatic rings. The van der Waals surface area contributed by atoms with Gasteiger partial charge in [0.05, 0.1) is 17.9 Å². The van der Waals surface area contributed by atoms with E-state index in [1.165, 1.54) is 12.1 Å². The van der Waals surface area contributed by atoms with Crippen molar-refractivity contribution in [3.63, 3.8) is 0 Å². The van der Waals surface area contributed by atoms with E-state index in [0.717, 1.165) is 37.7 Å². The lowest BCUT2D eigenvalue weighted by atomic mass is 9.88. The van der Waals surface area contributed by atoms with Crippen LogP contribution in [0.5, 0.6) is 5.75 Å². The molecule has 8 heteroatoms. The van der Waals surface area contributed by atoms with Crippen LogP contribution in [-0.4, -0.2) is 53.7 Å². The summed E-state index contributed by atoms with van der Waals surface area (Å²) in [6.45, 7) is 8.35. The summed E-state index contributed by atoms with van der Waals surface area (Å²) >= 11 is 0. The first-order valence-corrected chi connectivity index (χ1v) is 12.9. The van der Waals surface area contributed by atoms with Crippen LogP contribution in [0.1, 0.15) is 56.5 Å². The maximum atomic E-state index is 15.1. The predicted octanol–water partition coefficient (Wildman–Crippen LogP) is 5.96. The Bertz CT molecular complexity index is 1290. The van der Waals surface area contributed by atoms with Crippen molar-refractivity contribution in [2.45, 2.75) is 58.0 Å². The molecule has 0 N–H and O–H groups in total. The number of fused-ring (bicyclic) bond motifs is 1. The minimum absolute atomic E-state index is 0.0112. The molecule has 1 atom stereocenters. The van der Waals surface area contributed by atoms with Crippen LogP contribution in [-0.2, 0) is 6.42 Å². The molecule has 3 heterocycles. The standard InChI is InChI=1S/C29H33F3N4O/c1-17(2)36-18(3)16-37-29-24(31)13-21(14-26(29)36)28-25(32)15-33-27(34-28)12-19-5-6-22(23(30)11-19)20-7-9-35(4)10-8-20/h5-6,11,13-15,17-18,20H,7-10,12,16H2,1-4H3. The molecule has 0 aliphatic carbocycles. The predicted molar refractivity (Wildman–Crippen MR) is 139 cm³/mol. The second-order valence-electron chi connectivity index (χ2n) is 10.6. The second-order valence-corrected chi connectivity index (χ2v) is 10.6. The van der Waals surface area contributed by atoms with Gasteiger partial charge in [-0.05, 0) is 89.0 Å². The molecule has 0 saturated carbocycles. The number of benzene rings is 2. The Balaban J connectivity index is 1.43. The minimum atomic E-state index is -0.646. The maximum absolute atomic E-state index is 15.1. The third-order valence-corrected chi connectivity index (χ3v) is 7.46. The fourth-order valence-corrected chi connectivity index (χ4v) is 5.56. The first-order valence-electron chi connectivity index (χ1n) is 12.9. The summed E-state index contributed by atoms with van der Waals surface area (Å²) in [5, 5.41) is 0. The summed E-state index contributed by atoms with van der Waals surface area (Å²) in [5.74, 6) is -0.704. The highest BCUT2D eigenvalue weighted by Gasteiger charge is 2.30. The van der Waals surface area contributed by atoms with Gasteiger partial charge in [-0.3, -0.25) is 0 Å². The van der Waals surface area contributed by atoms with Crippen molar-refractivity contribution in [2.24, 2.45) is 0 Å². The summed E-state index contributed by atoms with van der Waals surface area (Å²) in [4.78, 5) is 12.9. The van der Waals surface area contributed by atoms with Crippen LogP contribution in [0.25, 0.3) is 11.3 Å². The van der Waals surface area contributed by atoms with E-state index in [0.29, 0.717) is 29.2 Å². The van der Waals surface area contributed by atoms with Gasteiger partial charge in [0.15, 0.2) is 17.4 Å². The third-order valence-electron chi connectivity index (χ3n) is 7.46. The zero-order chi connectivity index (χ0) is 26.3. The van der Waals surface area contributed by atoms with Crippen molar-refractivity contribution in [1.29, 1.82) is 0 Å². The van der Waals surface area contributed by atoms with Gasteiger partial charge in [0.2, 0.25) is 0 Å². The Kier molecular flexibility index (Phi) is 7.12. The van der Waals surface area contributed by atoms with Crippen LogP contribution in [0.3, 0.4) is 0 Å². The molecule has 1 aromatic heterocycles. The molecule has 0 bridgehead atoms. The zero-order valence-corrected chi connectivity index (χ0v) is 21.8. The van der Waals surface area contributed by atoms with E-state index >= 15 is 8.78 Å². The quantitative estimate of drug-likeness (QED) is 0.424. The van der Waals surface area contributed by atoms with Gasteiger partial charge in [0, 0.05) is 18.0 Å². The number of hydrogen-bond acceptors (Lipinski definition) is 5. The molecule has 2 aliphatic rings. The summed E-state index contributed by atoms with van der Waals surface area (Å²) in [6.07, 6.45) is 3.21. The lowest BCUT2D eigenvalue weighted by molar-refractivity contribution is 0.252. The summed E-state index contributed by atoms with van der Waals surface area (Å²) < 4.78 is 50.6. The molecule has 0 spiro atoms. The molecule has 5 nitrogen and oxygen atoms in total. The molecule has 196 valence electrons. The fourth-order valence-electron chi connectivity index (χ4n) is 5.56. The molecule has 37 heavy (non-hydrogen) atoms. The summed E-state index contributed by atoms with van der Waals surface area (Å²) in [5.41, 5.74) is 2.35. The number of piperidine rings is 1. The van der Waals surface area contributed by atoms with Crippen molar-refractivity contribution >= 4 is 5.69 Å². The van der Waals surface area contributed by atoms with E-state index in [-0.39, 0.29) is 41.7 Å². The van der Waals surface area contributed by atoms with Crippen molar-refractivity contribution < 1.29 is 17.9 Å². The van der Waals surface area contributed by atoms with Crippen LogP contribution in [0, 0.1) is 17.5 Å². The molecule has 1 unspecified atom stereocenters. The molecule has 0 amide bonds. The van der Waals surface area contributed by atoms with Gasteiger partial charge < -0.3 is 14.5 Å². The second kappa shape index (κ2) is 10.3. The van der Waals surface area contributed by atoms with Crippen LogP contribution in [0.2, 0.25) is 0 Å². The van der Waals surface area contributed by atoms with Crippen LogP contribution < -0.4 is 9.64 Å². The Labute approximate surface area is 216 Å². The lowest BCUT2D eigenvalue weighted by Gasteiger charge is -2.40. The van der Waals surface area contributed by atoms with Gasteiger partial charge in [0.25, 0.3) is 0 Å². The van der Waals surface area contributed by atoms with Crippen molar-refractivity contribution in [3.05, 3.63) is 70.9 Å². The van der Waals surface area contributed by atoms with Crippen LogP contribution in [0.15, 0.2) is 36.5 Å². The van der Waals surface area contributed by atoms with Gasteiger partial charge in [-0.15, -0.1) is 0 Å². The van der Waals surface area contributed by atoms with E-state index in [1.54, 1.807) is 6.07 Å². The number of rotatable bonds is 5. The Morgan fingerprint density at radius 1 is 1.03 bits per heavy atom. The normalized spacial score (nSPS) is 18.7.